The van der Waals surface area contributed by atoms with Gasteiger partial charge < -0.3 is 34.8 Å². The Kier molecular flexibility index (Phi) is 22.0. The van der Waals surface area contributed by atoms with Gasteiger partial charge in [0.25, 0.3) is 11.2 Å². The number of hydrogen-bond acceptors (Lipinski definition) is 12. The number of benzene rings is 6. The summed E-state index contributed by atoms with van der Waals surface area (Å²) >= 11 is 0. The second-order valence-electron chi connectivity index (χ2n) is 24.4. The first-order valence-electron chi connectivity index (χ1n) is 30.8. The maximum absolute atomic E-state index is 14.6. The zero-order valence-corrected chi connectivity index (χ0v) is 54.5. The summed E-state index contributed by atoms with van der Waals surface area (Å²) in [6.07, 6.45) is -23.9. The number of hydrogen-bond donors (Lipinski definition) is 1. The van der Waals surface area contributed by atoms with Crippen molar-refractivity contribution in [1.29, 1.82) is 10.5 Å². The molecule has 4 heterocycles. The third kappa shape index (κ3) is 14.3. The number of carbonyl (C=O) groups is 2. The molecule has 2 N–H and O–H groups in total. The van der Waals surface area contributed by atoms with Crippen molar-refractivity contribution in [2.75, 3.05) is 58.1 Å². The van der Waals surface area contributed by atoms with Gasteiger partial charge in [-0.05, 0) is 116 Å². The lowest BCUT2D eigenvalue weighted by molar-refractivity contribution is -0.393. The van der Waals surface area contributed by atoms with E-state index >= 15 is 0 Å². The van der Waals surface area contributed by atoms with E-state index in [0.29, 0.717) is 74.2 Å². The number of likely N-dealkylation sites (tertiary alicyclic amines) is 4. The molecule has 0 unspecified atom stereocenters. The van der Waals surface area contributed by atoms with Gasteiger partial charge in [0.1, 0.15) is 32.8 Å². The van der Waals surface area contributed by atoms with E-state index in [1.54, 1.807) is 0 Å². The summed E-state index contributed by atoms with van der Waals surface area (Å²) in [5.74, 6) is -6.27. The van der Waals surface area contributed by atoms with Crippen LogP contribution in [-0.4, -0.2) is 126 Å². The van der Waals surface area contributed by atoms with Crippen LogP contribution in [0.2, 0.25) is 0 Å². The number of rotatable bonds is 15. The molecule has 4 amide bonds. The highest BCUT2D eigenvalue weighted by Crippen LogP contribution is 2.57. The highest BCUT2D eigenvalue weighted by atomic mass is 32.2. The zero-order valence-electron chi connectivity index (χ0n) is 52.9. The number of nitrogens with two attached hydrogens (primary N) is 1. The Hall–Kier alpha value is -9.35. The number of piperidine rings is 2. The standard InChI is InChI=1S/C33H28F8N6O4S.C33H30F8N4O4S/c34-27-2-1-3-28(35)26(27)19-51-31(32(36,37)38,33(39,40)41)23-6-4-22(5-7-23)30(52(49,50)25-10-8-24(9-11-25)44-45-43)14-17-47(20-30)29(48)46-15-12-21(18-42)13-16-46;34-27-2-1-3-28(35)26(27)19-49-31(32(36,37)38,33(39,40)41)23-6-4-22(5-7-23)30(50(47,48)25-10-8-24(43)9-11-25)14-17-45(20-30)29(46)44-15-12-21(18-42)13-16-44/h1-11,21H,12-17,19-20H2;1-11,21H,12-17,19-20,43H2/t2*30-/m00/s1. The van der Waals surface area contributed by atoms with Crippen LogP contribution >= 0.6 is 0 Å². The van der Waals surface area contributed by atoms with Gasteiger partial charge in [0.15, 0.2) is 19.7 Å². The van der Waals surface area contributed by atoms with E-state index in [-0.39, 0.29) is 96.2 Å². The molecule has 0 bridgehead atoms. The Bertz CT molecular complexity index is 4370. The Morgan fingerprint density at radius 2 is 0.814 bits per heavy atom. The first-order chi connectivity index (χ1) is 47.8. The van der Waals surface area contributed by atoms with Crippen molar-refractivity contribution in [3.63, 3.8) is 0 Å². The minimum Gasteiger partial charge on any atom is -0.399 e. The average molecular weight is 1490 g/mol. The Labute approximate surface area is 571 Å². The van der Waals surface area contributed by atoms with Crippen LogP contribution < -0.4 is 5.73 Å². The highest BCUT2D eigenvalue weighted by Gasteiger charge is 2.75. The minimum absolute atomic E-state index is 0.0507. The number of azide groups is 1. The first kappa shape index (κ1) is 76.8. The lowest BCUT2D eigenvalue weighted by Gasteiger charge is -2.38. The van der Waals surface area contributed by atoms with E-state index in [1.165, 1.54) is 56.0 Å². The molecule has 544 valence electrons. The molecule has 0 saturated carbocycles. The van der Waals surface area contributed by atoms with Gasteiger partial charge in [-0.15, -0.1) is 0 Å². The third-order valence-electron chi connectivity index (χ3n) is 18.6. The number of urea groups is 2. The molecule has 102 heavy (non-hydrogen) atoms. The van der Waals surface area contributed by atoms with Gasteiger partial charge in [-0.2, -0.15) is 63.2 Å². The maximum Gasteiger partial charge on any atom is 0.430 e. The van der Waals surface area contributed by atoms with Crippen LogP contribution in [0.25, 0.3) is 10.4 Å². The van der Waals surface area contributed by atoms with Crippen LogP contribution in [0.1, 0.15) is 71.9 Å². The SMILES string of the molecule is N#CC1CCN(C(=O)N2CC[C@](c3ccc(C(OCc4c(F)cccc4F)(C(F)(F)F)C(F)(F)F)cc3)(S(=O)(=O)c3ccc(N)cc3)C2)CC1.N#CC1CCN(C(=O)N2CC[C@](c3ccc(C(OCc4c(F)cccc4F)(C(F)(F)F)C(F)(F)F)cc3)(S(=O)(=O)c3ccc(N=[N+]=[N-])cc3)C2)CC1. The summed E-state index contributed by atoms with van der Waals surface area (Å²) in [6.45, 7) is -3.99. The molecule has 0 spiro atoms. The molecular formula is C66H58F16N10O8S2. The molecule has 4 saturated heterocycles. The maximum atomic E-state index is 14.6. The van der Waals surface area contributed by atoms with Crippen molar-refractivity contribution in [3.05, 3.63) is 201 Å². The largest absolute Gasteiger partial charge is 0.430 e. The zero-order chi connectivity index (χ0) is 74.8. The fourth-order valence-corrected chi connectivity index (χ4v) is 17.1. The Morgan fingerprint density at radius 1 is 0.500 bits per heavy atom. The van der Waals surface area contributed by atoms with Crippen LogP contribution in [0, 0.1) is 57.8 Å². The van der Waals surface area contributed by atoms with Gasteiger partial charge in [-0.1, -0.05) is 77.9 Å². The van der Waals surface area contributed by atoms with Crippen molar-refractivity contribution in [2.24, 2.45) is 17.0 Å². The molecule has 2 atom stereocenters. The molecule has 4 aliphatic heterocycles. The molecule has 4 fully saturated rings. The molecule has 0 aliphatic carbocycles. The molecule has 0 radical (unpaired) electrons. The predicted molar refractivity (Wildman–Crippen MR) is 330 cm³/mol. The van der Waals surface area contributed by atoms with Crippen molar-refractivity contribution in [2.45, 2.75) is 107 Å². The van der Waals surface area contributed by atoms with Crippen LogP contribution in [0.3, 0.4) is 0 Å². The van der Waals surface area contributed by atoms with Gasteiger partial charge in [-0.25, -0.2) is 44.0 Å². The first-order valence-corrected chi connectivity index (χ1v) is 33.8. The van der Waals surface area contributed by atoms with Crippen molar-refractivity contribution < 1.29 is 106 Å². The molecule has 6 aromatic rings. The normalized spacial score (nSPS) is 19.2. The predicted octanol–water partition coefficient (Wildman–Crippen LogP) is 15.0. The number of carbonyl (C=O) groups excluding carboxylic acids is 2. The number of halogens is 16. The van der Waals surface area contributed by atoms with E-state index in [0.717, 1.165) is 48.5 Å². The minimum atomic E-state index is -6.23. The number of ether oxygens (including phenoxy) is 2. The molecule has 4 aliphatic rings. The summed E-state index contributed by atoms with van der Waals surface area (Å²) in [6, 6.07) is 21.7. The van der Waals surface area contributed by atoms with Crippen molar-refractivity contribution >= 4 is 43.1 Å². The van der Waals surface area contributed by atoms with E-state index in [1.807, 2.05) is 0 Å². The molecule has 10 rings (SSSR count). The van der Waals surface area contributed by atoms with E-state index in [2.05, 4.69) is 31.6 Å². The molecule has 6 aromatic carbocycles. The van der Waals surface area contributed by atoms with E-state index < -0.39 is 149 Å². The number of alkyl halides is 12. The summed E-state index contributed by atoms with van der Waals surface area (Å²) in [4.78, 5) is 34.4. The van der Waals surface area contributed by atoms with Crippen LogP contribution in [0.4, 0.5) is 91.2 Å². The highest BCUT2D eigenvalue weighted by molar-refractivity contribution is 7.92. The third-order valence-corrected chi connectivity index (χ3v) is 23.6. The van der Waals surface area contributed by atoms with Crippen LogP contribution in [0.15, 0.2) is 148 Å². The fraction of sp³-hybridized carbons (Fsp3) is 0.394. The van der Waals surface area contributed by atoms with Crippen molar-refractivity contribution in [1.82, 2.24) is 19.6 Å². The van der Waals surface area contributed by atoms with Gasteiger partial charge in [0, 0.05) is 103 Å². The smallest absolute Gasteiger partial charge is 0.399 e. The van der Waals surface area contributed by atoms with E-state index in [9.17, 15) is 107 Å². The second kappa shape index (κ2) is 29.2. The second-order valence-corrected chi connectivity index (χ2v) is 28.9. The number of amides is 4. The van der Waals surface area contributed by atoms with E-state index in [4.69, 9.17) is 11.3 Å². The summed E-state index contributed by atoms with van der Waals surface area (Å²) in [5, 5.41) is 21.8. The number of nitrogen functional groups attached to an aromatic ring is 1. The molecule has 18 nitrogen and oxygen atoms in total. The quantitative estimate of drug-likeness (QED) is 0.0332. The number of nitriles is 2. The lowest BCUT2D eigenvalue weighted by Crippen LogP contribution is -2.56. The lowest BCUT2D eigenvalue weighted by atomic mass is 9.88. The molecular weight excluding hydrogens is 1430 g/mol. The fourth-order valence-electron chi connectivity index (χ4n) is 12.9. The number of nitrogens with zero attached hydrogens (tertiary/aromatic N) is 9. The summed E-state index contributed by atoms with van der Waals surface area (Å²) in [7, 11) is -9.12. The molecule has 36 heteroatoms. The number of anilines is 1. The summed E-state index contributed by atoms with van der Waals surface area (Å²) in [5.41, 5.74) is -1.35. The van der Waals surface area contributed by atoms with Gasteiger partial charge in [0.2, 0.25) is 0 Å². The van der Waals surface area contributed by atoms with Crippen LogP contribution in [0.5, 0.6) is 0 Å². The Balaban J connectivity index is 0.000000237. The topological polar surface area (TPSA) is 256 Å². The molecule has 0 aromatic heterocycles. The summed E-state index contributed by atoms with van der Waals surface area (Å²) < 4.78 is 294. The number of sulfone groups is 2. The Morgan fingerprint density at radius 3 is 1.11 bits per heavy atom. The van der Waals surface area contributed by atoms with Gasteiger partial charge in [-0.3, -0.25) is 0 Å². The van der Waals surface area contributed by atoms with Crippen LogP contribution in [-0.2, 0) is 63.1 Å². The van der Waals surface area contributed by atoms with Gasteiger partial charge >= 0.3 is 36.8 Å². The monoisotopic (exact) mass is 1490 g/mol. The average Bonchev–Trinajstić information content (AvgIpc) is 1.25. The van der Waals surface area contributed by atoms with Gasteiger partial charge in [0.05, 0.1) is 35.1 Å². The van der Waals surface area contributed by atoms with Crippen molar-refractivity contribution in [3.8, 4) is 12.1 Å².